The maximum Gasteiger partial charge on any atom is 0.122 e. The number of halogens is 1. The molecule has 2 aromatic rings. The minimum atomic E-state index is -0.649. The zero-order chi connectivity index (χ0) is 14.9. The summed E-state index contributed by atoms with van der Waals surface area (Å²) in [7, 11) is 0. The molecule has 0 saturated heterocycles. The molecule has 0 aliphatic carbocycles. The number of rotatable bonds is 3. The smallest absolute Gasteiger partial charge is 0.122 e. The lowest BCUT2D eigenvalue weighted by molar-refractivity contribution is -0.0161. The van der Waals surface area contributed by atoms with Gasteiger partial charge in [-0.3, -0.25) is 0 Å². The van der Waals surface area contributed by atoms with Crippen molar-refractivity contribution in [2.75, 3.05) is 13.2 Å². The number of para-hydroxylation sites is 1. The van der Waals surface area contributed by atoms with Crippen molar-refractivity contribution in [2.45, 2.75) is 12.5 Å². The molecule has 0 amide bonds. The molecule has 2 aromatic carbocycles. The first kappa shape index (κ1) is 14.6. The van der Waals surface area contributed by atoms with Crippen LogP contribution >= 0.6 is 15.9 Å². The van der Waals surface area contributed by atoms with Gasteiger partial charge in [0.05, 0.1) is 18.1 Å². The van der Waals surface area contributed by atoms with Crippen molar-refractivity contribution in [1.29, 1.82) is 0 Å². The highest BCUT2D eigenvalue weighted by Crippen LogP contribution is 2.42. The van der Waals surface area contributed by atoms with Gasteiger partial charge in [-0.25, -0.2) is 0 Å². The molecule has 0 saturated carbocycles. The Labute approximate surface area is 132 Å². The van der Waals surface area contributed by atoms with Gasteiger partial charge in [0.25, 0.3) is 0 Å². The van der Waals surface area contributed by atoms with Crippen molar-refractivity contribution < 1.29 is 9.84 Å². The van der Waals surface area contributed by atoms with Gasteiger partial charge in [-0.2, -0.15) is 0 Å². The molecule has 3 nitrogen and oxygen atoms in total. The quantitative estimate of drug-likeness (QED) is 0.896. The Morgan fingerprint density at radius 1 is 1.19 bits per heavy atom. The summed E-state index contributed by atoms with van der Waals surface area (Å²) in [5.74, 6) is 0.893. The number of fused-ring (bicyclic) bond motifs is 1. The Bertz CT molecular complexity index is 629. The number of aliphatic hydroxyl groups excluding tert-OH is 1. The van der Waals surface area contributed by atoms with Crippen LogP contribution in [-0.2, 0) is 6.42 Å². The van der Waals surface area contributed by atoms with Crippen molar-refractivity contribution in [2.24, 2.45) is 11.1 Å². The highest BCUT2D eigenvalue weighted by atomic mass is 79.9. The predicted octanol–water partition coefficient (Wildman–Crippen LogP) is 3.06. The second kappa shape index (κ2) is 5.79. The maximum atomic E-state index is 10.8. The molecule has 3 rings (SSSR count). The number of hydrogen-bond acceptors (Lipinski definition) is 3. The highest BCUT2D eigenvalue weighted by molar-refractivity contribution is 9.10. The molecular weight excluding hydrogens is 330 g/mol. The molecule has 0 spiro atoms. The average Bonchev–Trinajstić information content (AvgIpc) is 2.54. The van der Waals surface area contributed by atoms with E-state index >= 15 is 0 Å². The van der Waals surface area contributed by atoms with E-state index < -0.39 is 11.5 Å². The lowest BCUT2D eigenvalue weighted by Crippen LogP contribution is -2.46. The van der Waals surface area contributed by atoms with Gasteiger partial charge in [0.2, 0.25) is 0 Å². The molecule has 4 heteroatoms. The lowest BCUT2D eigenvalue weighted by Gasteiger charge is -2.40. The van der Waals surface area contributed by atoms with Gasteiger partial charge in [-0.15, -0.1) is 0 Å². The SMILES string of the molecule is NCC1(C(O)c2ccc(Br)cc2)COc2ccccc2C1. The minimum Gasteiger partial charge on any atom is -0.493 e. The number of benzene rings is 2. The minimum absolute atomic E-state index is 0.374. The van der Waals surface area contributed by atoms with E-state index in [2.05, 4.69) is 15.9 Å². The monoisotopic (exact) mass is 347 g/mol. The number of ether oxygens (including phenoxy) is 1. The van der Waals surface area contributed by atoms with Gasteiger partial charge in [0.1, 0.15) is 5.75 Å². The van der Waals surface area contributed by atoms with Crippen molar-refractivity contribution in [3.05, 3.63) is 64.1 Å². The summed E-state index contributed by atoms with van der Waals surface area (Å²) in [5, 5.41) is 10.8. The predicted molar refractivity (Wildman–Crippen MR) is 86.2 cm³/mol. The molecular formula is C17H18BrNO2. The van der Waals surface area contributed by atoms with Crippen LogP contribution in [-0.4, -0.2) is 18.3 Å². The molecule has 2 unspecified atom stereocenters. The van der Waals surface area contributed by atoms with Crippen LogP contribution in [0.5, 0.6) is 5.75 Å². The molecule has 3 N–H and O–H groups in total. The van der Waals surface area contributed by atoms with Gasteiger partial charge < -0.3 is 15.6 Å². The zero-order valence-electron chi connectivity index (χ0n) is 11.6. The third-order valence-electron chi connectivity index (χ3n) is 4.20. The van der Waals surface area contributed by atoms with E-state index in [1.807, 2.05) is 48.5 Å². The van der Waals surface area contributed by atoms with E-state index in [-0.39, 0.29) is 0 Å². The van der Waals surface area contributed by atoms with Gasteiger partial charge in [0, 0.05) is 11.0 Å². The molecule has 1 aliphatic rings. The van der Waals surface area contributed by atoms with E-state index in [1.165, 1.54) is 0 Å². The fourth-order valence-corrected chi connectivity index (χ4v) is 3.12. The van der Waals surface area contributed by atoms with Crippen molar-refractivity contribution in [1.82, 2.24) is 0 Å². The molecule has 21 heavy (non-hydrogen) atoms. The number of aliphatic hydroxyl groups is 1. The van der Waals surface area contributed by atoms with E-state index in [1.54, 1.807) is 0 Å². The van der Waals surface area contributed by atoms with Crippen molar-refractivity contribution in [3.63, 3.8) is 0 Å². The standard InChI is InChI=1S/C17H18BrNO2/c18-14-7-5-12(6-8-14)16(20)17(10-19)9-13-3-1-2-4-15(13)21-11-17/h1-8,16,20H,9-11,19H2. The molecule has 0 radical (unpaired) electrons. The largest absolute Gasteiger partial charge is 0.493 e. The second-order valence-electron chi connectivity index (χ2n) is 5.59. The third kappa shape index (κ3) is 2.71. The Balaban J connectivity index is 1.93. The number of nitrogens with two attached hydrogens (primary N) is 1. The Morgan fingerprint density at radius 2 is 1.90 bits per heavy atom. The molecule has 1 heterocycles. The lowest BCUT2D eigenvalue weighted by atomic mass is 9.73. The summed E-state index contributed by atoms with van der Waals surface area (Å²) in [6.07, 6.45) is 0.0700. The first-order valence-corrected chi connectivity index (χ1v) is 7.78. The Kier molecular flexibility index (Phi) is 4.02. The van der Waals surface area contributed by atoms with Gasteiger partial charge >= 0.3 is 0 Å². The van der Waals surface area contributed by atoms with Crippen LogP contribution in [0, 0.1) is 5.41 Å². The van der Waals surface area contributed by atoms with Crippen LogP contribution in [0.15, 0.2) is 53.0 Å². The first-order valence-electron chi connectivity index (χ1n) is 6.99. The fourth-order valence-electron chi connectivity index (χ4n) is 2.86. The highest BCUT2D eigenvalue weighted by Gasteiger charge is 2.42. The van der Waals surface area contributed by atoms with Crippen LogP contribution in [0.2, 0.25) is 0 Å². The number of hydrogen-bond donors (Lipinski definition) is 2. The third-order valence-corrected chi connectivity index (χ3v) is 4.73. The molecule has 0 bridgehead atoms. The Hall–Kier alpha value is -1.36. The summed E-state index contributed by atoms with van der Waals surface area (Å²) in [5.41, 5.74) is 7.50. The maximum absolute atomic E-state index is 10.8. The van der Waals surface area contributed by atoms with Crippen LogP contribution in [0.4, 0.5) is 0 Å². The van der Waals surface area contributed by atoms with E-state index in [4.69, 9.17) is 10.5 Å². The zero-order valence-corrected chi connectivity index (χ0v) is 13.2. The summed E-state index contributed by atoms with van der Waals surface area (Å²) in [4.78, 5) is 0. The van der Waals surface area contributed by atoms with Crippen molar-refractivity contribution in [3.8, 4) is 5.75 Å². The van der Waals surface area contributed by atoms with Gasteiger partial charge in [-0.05, 0) is 35.7 Å². The van der Waals surface area contributed by atoms with Crippen LogP contribution in [0.1, 0.15) is 17.2 Å². The Morgan fingerprint density at radius 3 is 2.62 bits per heavy atom. The van der Waals surface area contributed by atoms with Crippen LogP contribution in [0.25, 0.3) is 0 Å². The molecule has 1 aliphatic heterocycles. The van der Waals surface area contributed by atoms with E-state index in [0.29, 0.717) is 13.2 Å². The molecule has 2 atom stereocenters. The van der Waals surface area contributed by atoms with E-state index in [9.17, 15) is 5.11 Å². The summed E-state index contributed by atoms with van der Waals surface area (Å²) >= 11 is 3.41. The van der Waals surface area contributed by atoms with Gasteiger partial charge in [0.15, 0.2) is 0 Å². The topological polar surface area (TPSA) is 55.5 Å². The van der Waals surface area contributed by atoms with E-state index in [0.717, 1.165) is 27.8 Å². The van der Waals surface area contributed by atoms with Crippen LogP contribution in [0.3, 0.4) is 0 Å². The average molecular weight is 348 g/mol. The van der Waals surface area contributed by atoms with Gasteiger partial charge in [-0.1, -0.05) is 46.3 Å². The first-order chi connectivity index (χ1) is 10.1. The summed E-state index contributed by atoms with van der Waals surface area (Å²) in [6.45, 7) is 0.802. The fraction of sp³-hybridized carbons (Fsp3) is 0.294. The molecule has 110 valence electrons. The second-order valence-corrected chi connectivity index (χ2v) is 6.51. The molecule has 0 aromatic heterocycles. The molecule has 0 fully saturated rings. The summed E-state index contributed by atoms with van der Waals surface area (Å²) in [6, 6.07) is 15.6. The summed E-state index contributed by atoms with van der Waals surface area (Å²) < 4.78 is 6.84. The van der Waals surface area contributed by atoms with Crippen molar-refractivity contribution >= 4 is 15.9 Å². The van der Waals surface area contributed by atoms with Crippen LogP contribution < -0.4 is 10.5 Å². The normalized spacial score (nSPS) is 22.2.